The highest BCUT2D eigenvalue weighted by molar-refractivity contribution is 7.99. The first-order chi connectivity index (χ1) is 13.8. The number of aromatic nitrogens is 3. The van der Waals surface area contributed by atoms with Crippen LogP contribution in [0.1, 0.15) is 30.4 Å². The van der Waals surface area contributed by atoms with Gasteiger partial charge in [-0.3, -0.25) is 4.98 Å². The largest absolute Gasteiger partial charge is 0.355 e. The molecule has 1 aliphatic rings. The molecule has 1 fully saturated rings. The number of pyridine rings is 1. The Morgan fingerprint density at radius 1 is 1.29 bits per heavy atom. The molecule has 0 unspecified atom stereocenters. The van der Waals surface area contributed by atoms with Gasteiger partial charge < -0.3 is 10.2 Å². The molecule has 0 spiro atoms. The first-order valence-corrected chi connectivity index (χ1v) is 12.0. The number of hydrogen-bond acceptors (Lipinski definition) is 7. The van der Waals surface area contributed by atoms with Crippen molar-refractivity contribution in [3.63, 3.8) is 0 Å². The van der Waals surface area contributed by atoms with Crippen molar-refractivity contribution in [2.45, 2.75) is 43.5 Å². The monoisotopic (exact) mass is 413 g/mol. The average molecular weight is 414 g/mol. The van der Waals surface area contributed by atoms with Gasteiger partial charge in [0.2, 0.25) is 0 Å². The first-order valence-electron chi connectivity index (χ1n) is 9.90. The summed E-state index contributed by atoms with van der Waals surface area (Å²) in [6.07, 6.45) is 12.3. The SMILES string of the molecule is CSc1csc2c(N3CCC(NCCCc4cnccc4C)CC3)ncnc12. The van der Waals surface area contributed by atoms with Crippen LogP contribution in [-0.2, 0) is 6.42 Å². The number of thioether (sulfide) groups is 1. The van der Waals surface area contributed by atoms with Crippen LogP contribution in [0.4, 0.5) is 5.82 Å². The van der Waals surface area contributed by atoms with Gasteiger partial charge in [0.05, 0.1) is 4.70 Å². The van der Waals surface area contributed by atoms with Crippen LogP contribution in [0, 0.1) is 6.92 Å². The molecule has 0 bridgehead atoms. The van der Waals surface area contributed by atoms with Gasteiger partial charge in [0, 0.05) is 41.8 Å². The summed E-state index contributed by atoms with van der Waals surface area (Å²) in [5.74, 6) is 1.11. The minimum atomic E-state index is 0.605. The van der Waals surface area contributed by atoms with Gasteiger partial charge in [0.25, 0.3) is 0 Å². The predicted octanol–water partition coefficient (Wildman–Crippen LogP) is 4.31. The molecule has 1 aliphatic heterocycles. The number of fused-ring (bicyclic) bond motifs is 1. The quantitative estimate of drug-likeness (QED) is 0.460. The molecule has 1 saturated heterocycles. The molecule has 3 aromatic rings. The van der Waals surface area contributed by atoms with E-state index in [1.807, 2.05) is 12.4 Å². The predicted molar refractivity (Wildman–Crippen MR) is 120 cm³/mol. The maximum Gasteiger partial charge on any atom is 0.150 e. The van der Waals surface area contributed by atoms with Crippen molar-refractivity contribution in [3.8, 4) is 0 Å². The summed E-state index contributed by atoms with van der Waals surface area (Å²) in [4.78, 5) is 17.0. The van der Waals surface area contributed by atoms with Crippen molar-refractivity contribution in [2.24, 2.45) is 0 Å². The van der Waals surface area contributed by atoms with Gasteiger partial charge in [0.1, 0.15) is 17.7 Å². The second kappa shape index (κ2) is 9.20. The Morgan fingerprint density at radius 3 is 2.93 bits per heavy atom. The summed E-state index contributed by atoms with van der Waals surface area (Å²) in [6, 6.07) is 2.70. The van der Waals surface area contributed by atoms with Crippen molar-refractivity contribution >= 4 is 39.1 Å². The first kappa shape index (κ1) is 19.6. The van der Waals surface area contributed by atoms with E-state index in [-0.39, 0.29) is 0 Å². The summed E-state index contributed by atoms with van der Waals surface area (Å²) < 4.78 is 1.23. The summed E-state index contributed by atoms with van der Waals surface area (Å²) in [7, 11) is 0. The van der Waals surface area contributed by atoms with Crippen LogP contribution < -0.4 is 10.2 Å². The van der Waals surface area contributed by atoms with Gasteiger partial charge in [-0.05, 0) is 62.6 Å². The van der Waals surface area contributed by atoms with E-state index in [0.29, 0.717) is 6.04 Å². The number of nitrogens with one attached hydrogen (secondary N) is 1. The highest BCUT2D eigenvalue weighted by Crippen LogP contribution is 2.36. The van der Waals surface area contributed by atoms with Crippen LogP contribution in [0.25, 0.3) is 10.2 Å². The lowest BCUT2D eigenvalue weighted by atomic mass is 10.0. The molecule has 0 amide bonds. The van der Waals surface area contributed by atoms with E-state index < -0.39 is 0 Å². The van der Waals surface area contributed by atoms with Gasteiger partial charge in [-0.15, -0.1) is 23.1 Å². The third kappa shape index (κ3) is 4.31. The van der Waals surface area contributed by atoms with Crippen molar-refractivity contribution in [1.29, 1.82) is 0 Å². The Hall–Kier alpha value is -1.70. The molecule has 0 saturated carbocycles. The van der Waals surface area contributed by atoms with E-state index >= 15 is 0 Å². The Bertz CT molecular complexity index is 918. The zero-order chi connectivity index (χ0) is 19.3. The standard InChI is InChI=1S/C21H27N5S2/c1-15-5-9-22-12-16(15)4-3-8-23-17-6-10-26(11-7-17)21-20-19(24-14-25-21)18(27-2)13-28-20/h5,9,12-14,17,23H,3-4,6-8,10-11H2,1-2H3. The average Bonchev–Trinajstić information content (AvgIpc) is 3.16. The van der Waals surface area contributed by atoms with E-state index in [9.17, 15) is 0 Å². The number of aryl methyl sites for hydroxylation is 2. The van der Waals surface area contributed by atoms with Crippen LogP contribution >= 0.6 is 23.1 Å². The molecule has 148 valence electrons. The molecule has 28 heavy (non-hydrogen) atoms. The van der Waals surface area contributed by atoms with E-state index in [1.54, 1.807) is 29.4 Å². The van der Waals surface area contributed by atoms with Gasteiger partial charge in [-0.1, -0.05) is 0 Å². The fourth-order valence-corrected chi connectivity index (χ4v) is 5.67. The minimum absolute atomic E-state index is 0.605. The molecule has 7 heteroatoms. The number of hydrogen-bond donors (Lipinski definition) is 1. The fraction of sp³-hybridized carbons (Fsp3) is 0.476. The smallest absolute Gasteiger partial charge is 0.150 e. The van der Waals surface area contributed by atoms with E-state index in [1.165, 1.54) is 20.7 Å². The number of piperidine rings is 1. The molecule has 3 aromatic heterocycles. The molecule has 0 atom stereocenters. The highest BCUT2D eigenvalue weighted by Gasteiger charge is 2.22. The van der Waals surface area contributed by atoms with Crippen molar-refractivity contribution in [1.82, 2.24) is 20.3 Å². The third-order valence-corrected chi connectivity index (χ3v) is 7.39. The van der Waals surface area contributed by atoms with E-state index in [4.69, 9.17) is 0 Å². The lowest BCUT2D eigenvalue weighted by Gasteiger charge is -2.33. The second-order valence-electron chi connectivity index (χ2n) is 7.30. The molecule has 0 aromatic carbocycles. The van der Waals surface area contributed by atoms with Crippen LogP contribution in [0.2, 0.25) is 0 Å². The van der Waals surface area contributed by atoms with Crippen LogP contribution in [0.15, 0.2) is 35.1 Å². The molecule has 1 N–H and O–H groups in total. The summed E-state index contributed by atoms with van der Waals surface area (Å²) >= 11 is 3.53. The van der Waals surface area contributed by atoms with E-state index in [0.717, 1.165) is 56.7 Å². The van der Waals surface area contributed by atoms with Gasteiger partial charge in [-0.25, -0.2) is 9.97 Å². The maximum atomic E-state index is 4.61. The van der Waals surface area contributed by atoms with Crippen molar-refractivity contribution in [2.75, 3.05) is 30.8 Å². The van der Waals surface area contributed by atoms with Gasteiger partial charge >= 0.3 is 0 Å². The summed E-state index contributed by atoms with van der Waals surface area (Å²) in [6.45, 7) is 5.34. The Labute approximate surface area is 175 Å². The van der Waals surface area contributed by atoms with E-state index in [2.05, 4.69) is 49.8 Å². The van der Waals surface area contributed by atoms with Crippen molar-refractivity contribution in [3.05, 3.63) is 41.3 Å². The highest BCUT2D eigenvalue weighted by atomic mass is 32.2. The molecular formula is C21H27N5S2. The minimum Gasteiger partial charge on any atom is -0.355 e. The Balaban J connectivity index is 1.27. The zero-order valence-electron chi connectivity index (χ0n) is 16.5. The lowest BCUT2D eigenvalue weighted by molar-refractivity contribution is 0.412. The lowest BCUT2D eigenvalue weighted by Crippen LogP contribution is -2.43. The molecule has 4 heterocycles. The third-order valence-electron chi connectivity index (χ3n) is 5.52. The van der Waals surface area contributed by atoms with Gasteiger partial charge in [0.15, 0.2) is 0 Å². The second-order valence-corrected chi connectivity index (χ2v) is 9.03. The topological polar surface area (TPSA) is 53.9 Å². The van der Waals surface area contributed by atoms with Crippen molar-refractivity contribution < 1.29 is 0 Å². The molecule has 5 nitrogen and oxygen atoms in total. The summed E-state index contributed by atoms with van der Waals surface area (Å²) in [5, 5.41) is 5.95. The zero-order valence-corrected chi connectivity index (χ0v) is 18.2. The normalized spacial score (nSPS) is 15.4. The Kier molecular flexibility index (Phi) is 6.44. The molecule has 0 radical (unpaired) electrons. The van der Waals surface area contributed by atoms with Gasteiger partial charge in [-0.2, -0.15) is 0 Å². The fourth-order valence-electron chi connectivity index (χ4n) is 3.83. The van der Waals surface area contributed by atoms with Crippen LogP contribution in [-0.4, -0.2) is 46.9 Å². The summed E-state index contributed by atoms with van der Waals surface area (Å²) in [5.41, 5.74) is 3.82. The number of rotatable bonds is 7. The molecular weight excluding hydrogens is 386 g/mol. The maximum absolute atomic E-state index is 4.61. The van der Waals surface area contributed by atoms with Crippen LogP contribution in [0.5, 0.6) is 0 Å². The number of anilines is 1. The Morgan fingerprint density at radius 2 is 2.14 bits per heavy atom. The van der Waals surface area contributed by atoms with Crippen LogP contribution in [0.3, 0.4) is 0 Å². The molecule has 4 rings (SSSR count). The molecule has 0 aliphatic carbocycles. The number of thiophene rings is 1. The number of nitrogens with zero attached hydrogens (tertiary/aromatic N) is 4.